The third kappa shape index (κ3) is 3.85. The number of ether oxygens (including phenoxy) is 1. The standard InChI is InChI=1S/C22H31N5O2/c28-21(24-22(6-13-29-14-7-22)17-25-8-1-2-9-25)19-16-23-27-12-5-18(15-20(19)27)26-10-3-4-11-26/h5,12,15-16H,1-4,6-11,13-14,17H2,(H,24,28). The van der Waals surface area contributed by atoms with E-state index < -0.39 is 0 Å². The molecule has 1 amide bonds. The molecule has 3 aliphatic rings. The Morgan fingerprint density at radius 3 is 2.59 bits per heavy atom. The molecule has 0 bridgehead atoms. The normalized spacial score (nSPS) is 22.4. The second-order valence-corrected chi connectivity index (χ2v) is 8.80. The number of rotatable bonds is 5. The maximum absolute atomic E-state index is 13.4. The van der Waals surface area contributed by atoms with Crippen LogP contribution in [-0.4, -0.2) is 71.9 Å². The lowest BCUT2D eigenvalue weighted by Gasteiger charge is -2.40. The van der Waals surface area contributed by atoms with Crippen molar-refractivity contribution in [3.63, 3.8) is 0 Å². The molecule has 156 valence electrons. The summed E-state index contributed by atoms with van der Waals surface area (Å²) in [7, 11) is 0. The minimum absolute atomic E-state index is 0.0142. The molecule has 3 fully saturated rings. The van der Waals surface area contributed by atoms with Crippen molar-refractivity contribution in [2.24, 2.45) is 0 Å². The van der Waals surface area contributed by atoms with Crippen molar-refractivity contribution in [1.29, 1.82) is 0 Å². The zero-order valence-corrected chi connectivity index (χ0v) is 17.1. The topological polar surface area (TPSA) is 62.1 Å². The van der Waals surface area contributed by atoms with Crippen molar-refractivity contribution in [2.75, 3.05) is 50.8 Å². The lowest BCUT2D eigenvalue weighted by atomic mass is 9.89. The van der Waals surface area contributed by atoms with Crippen LogP contribution in [0, 0.1) is 0 Å². The van der Waals surface area contributed by atoms with Gasteiger partial charge in [0.2, 0.25) is 0 Å². The third-order valence-corrected chi connectivity index (χ3v) is 6.77. The molecule has 29 heavy (non-hydrogen) atoms. The predicted octanol–water partition coefficient (Wildman–Crippen LogP) is 2.31. The van der Waals surface area contributed by atoms with Gasteiger partial charge in [0, 0.05) is 44.7 Å². The third-order valence-electron chi connectivity index (χ3n) is 6.77. The fourth-order valence-electron chi connectivity index (χ4n) is 5.08. The quantitative estimate of drug-likeness (QED) is 0.839. The number of anilines is 1. The largest absolute Gasteiger partial charge is 0.381 e. The van der Waals surface area contributed by atoms with Crippen LogP contribution in [0.2, 0.25) is 0 Å². The number of amides is 1. The molecule has 2 aromatic rings. The Hall–Kier alpha value is -2.12. The van der Waals surface area contributed by atoms with E-state index in [2.05, 4.69) is 32.3 Å². The Morgan fingerprint density at radius 1 is 1.10 bits per heavy atom. The van der Waals surface area contributed by atoms with Gasteiger partial charge in [-0.25, -0.2) is 4.52 Å². The van der Waals surface area contributed by atoms with Crippen LogP contribution >= 0.6 is 0 Å². The maximum Gasteiger partial charge on any atom is 0.255 e. The van der Waals surface area contributed by atoms with E-state index in [-0.39, 0.29) is 11.4 Å². The Labute approximate surface area is 172 Å². The molecule has 0 radical (unpaired) electrons. The first kappa shape index (κ1) is 18.9. The molecule has 0 aromatic carbocycles. The van der Waals surface area contributed by atoms with Gasteiger partial charge in [0.05, 0.1) is 22.8 Å². The zero-order valence-electron chi connectivity index (χ0n) is 17.1. The number of nitrogens with zero attached hydrogens (tertiary/aromatic N) is 4. The first-order valence-electron chi connectivity index (χ1n) is 11.1. The molecular weight excluding hydrogens is 366 g/mol. The van der Waals surface area contributed by atoms with Gasteiger partial charge in [-0.1, -0.05) is 0 Å². The fourth-order valence-corrected chi connectivity index (χ4v) is 5.08. The fraction of sp³-hybridized carbons (Fsp3) is 0.636. The number of fused-ring (bicyclic) bond motifs is 1. The summed E-state index contributed by atoms with van der Waals surface area (Å²) in [6.07, 6.45) is 10.4. The van der Waals surface area contributed by atoms with Gasteiger partial charge in [0.15, 0.2) is 0 Å². The van der Waals surface area contributed by atoms with Gasteiger partial charge in [0.25, 0.3) is 5.91 Å². The summed E-state index contributed by atoms with van der Waals surface area (Å²) in [6.45, 7) is 6.78. The van der Waals surface area contributed by atoms with E-state index in [9.17, 15) is 4.79 Å². The second kappa shape index (κ2) is 7.95. The van der Waals surface area contributed by atoms with Crippen LogP contribution in [0.4, 0.5) is 5.69 Å². The molecule has 0 aliphatic carbocycles. The molecule has 5 heterocycles. The highest BCUT2D eigenvalue weighted by atomic mass is 16.5. The van der Waals surface area contributed by atoms with Gasteiger partial charge in [-0.05, 0) is 63.7 Å². The lowest BCUT2D eigenvalue weighted by Crippen LogP contribution is -2.58. The minimum atomic E-state index is -0.208. The Bertz CT molecular complexity index is 861. The molecule has 2 aromatic heterocycles. The Balaban J connectivity index is 1.39. The van der Waals surface area contributed by atoms with Crippen molar-refractivity contribution in [1.82, 2.24) is 19.8 Å². The molecule has 1 N–H and O–H groups in total. The van der Waals surface area contributed by atoms with Crippen molar-refractivity contribution in [2.45, 2.75) is 44.1 Å². The molecule has 0 spiro atoms. The zero-order chi connectivity index (χ0) is 19.7. The van der Waals surface area contributed by atoms with Crippen LogP contribution in [-0.2, 0) is 4.74 Å². The van der Waals surface area contributed by atoms with E-state index in [1.165, 1.54) is 31.4 Å². The van der Waals surface area contributed by atoms with E-state index in [4.69, 9.17) is 4.74 Å². The first-order valence-corrected chi connectivity index (χ1v) is 11.1. The second-order valence-electron chi connectivity index (χ2n) is 8.80. The molecule has 0 unspecified atom stereocenters. The van der Waals surface area contributed by atoms with E-state index in [0.29, 0.717) is 18.8 Å². The van der Waals surface area contributed by atoms with Crippen LogP contribution in [0.15, 0.2) is 24.5 Å². The van der Waals surface area contributed by atoms with Crippen molar-refractivity contribution in [3.05, 3.63) is 30.1 Å². The molecule has 3 saturated heterocycles. The monoisotopic (exact) mass is 397 g/mol. The number of likely N-dealkylation sites (tertiary alicyclic amines) is 1. The highest BCUT2D eigenvalue weighted by Crippen LogP contribution is 2.27. The number of hydrogen-bond acceptors (Lipinski definition) is 5. The Morgan fingerprint density at radius 2 is 1.83 bits per heavy atom. The molecule has 0 atom stereocenters. The first-order chi connectivity index (χ1) is 14.2. The summed E-state index contributed by atoms with van der Waals surface area (Å²) >= 11 is 0. The molecule has 5 rings (SSSR count). The predicted molar refractivity (Wildman–Crippen MR) is 113 cm³/mol. The van der Waals surface area contributed by atoms with Gasteiger partial charge >= 0.3 is 0 Å². The Kier molecular flexibility index (Phi) is 5.18. The lowest BCUT2D eigenvalue weighted by molar-refractivity contribution is 0.0238. The average Bonchev–Trinajstić information content (AvgIpc) is 3.49. The minimum Gasteiger partial charge on any atom is -0.381 e. The molecule has 7 nitrogen and oxygen atoms in total. The number of carbonyl (C=O) groups is 1. The van der Waals surface area contributed by atoms with Crippen molar-refractivity contribution < 1.29 is 9.53 Å². The number of carbonyl (C=O) groups excluding carboxylic acids is 1. The SMILES string of the molecule is O=C(NC1(CN2CCCC2)CCOCC1)c1cnn2ccc(N3CCCC3)cc12. The number of pyridine rings is 1. The van der Waals surface area contributed by atoms with Crippen LogP contribution in [0.25, 0.3) is 5.52 Å². The van der Waals surface area contributed by atoms with Gasteiger partial charge in [-0.2, -0.15) is 5.10 Å². The summed E-state index contributed by atoms with van der Waals surface area (Å²) in [5.74, 6) is -0.0142. The molecular formula is C22H31N5O2. The maximum atomic E-state index is 13.4. The van der Waals surface area contributed by atoms with Crippen molar-refractivity contribution in [3.8, 4) is 0 Å². The smallest absolute Gasteiger partial charge is 0.255 e. The van der Waals surface area contributed by atoms with Gasteiger partial charge < -0.3 is 19.9 Å². The highest BCUT2D eigenvalue weighted by molar-refractivity contribution is 6.01. The average molecular weight is 398 g/mol. The summed E-state index contributed by atoms with van der Waals surface area (Å²) in [5, 5.41) is 7.84. The van der Waals surface area contributed by atoms with Gasteiger partial charge in [-0.3, -0.25) is 4.79 Å². The van der Waals surface area contributed by atoms with Gasteiger partial charge in [-0.15, -0.1) is 0 Å². The number of hydrogen-bond donors (Lipinski definition) is 1. The van der Waals surface area contributed by atoms with Crippen LogP contribution in [0.1, 0.15) is 48.9 Å². The number of aromatic nitrogens is 2. The highest BCUT2D eigenvalue weighted by Gasteiger charge is 2.37. The molecule has 7 heteroatoms. The van der Waals surface area contributed by atoms with E-state index in [0.717, 1.165) is 51.1 Å². The molecule has 3 aliphatic heterocycles. The van der Waals surface area contributed by atoms with Gasteiger partial charge in [0.1, 0.15) is 0 Å². The van der Waals surface area contributed by atoms with E-state index >= 15 is 0 Å². The summed E-state index contributed by atoms with van der Waals surface area (Å²) in [4.78, 5) is 18.2. The van der Waals surface area contributed by atoms with Crippen LogP contribution in [0.5, 0.6) is 0 Å². The van der Waals surface area contributed by atoms with E-state index in [1.54, 1.807) is 6.20 Å². The summed E-state index contributed by atoms with van der Waals surface area (Å²) < 4.78 is 7.42. The number of nitrogens with one attached hydrogen (secondary N) is 1. The summed E-state index contributed by atoms with van der Waals surface area (Å²) in [6, 6.07) is 4.21. The summed E-state index contributed by atoms with van der Waals surface area (Å²) in [5.41, 5.74) is 2.52. The molecule has 0 saturated carbocycles. The van der Waals surface area contributed by atoms with Crippen molar-refractivity contribution >= 4 is 17.1 Å². The van der Waals surface area contributed by atoms with Crippen LogP contribution in [0.3, 0.4) is 0 Å². The van der Waals surface area contributed by atoms with Crippen LogP contribution < -0.4 is 10.2 Å². The van der Waals surface area contributed by atoms with E-state index in [1.807, 2.05) is 10.7 Å².